The van der Waals surface area contributed by atoms with E-state index in [9.17, 15) is 4.79 Å². The van der Waals surface area contributed by atoms with Gasteiger partial charge in [-0.05, 0) is 67.7 Å². The zero-order valence-corrected chi connectivity index (χ0v) is 12.5. The summed E-state index contributed by atoms with van der Waals surface area (Å²) >= 11 is 0. The lowest BCUT2D eigenvalue weighted by atomic mass is 9.93. The molecule has 21 heavy (non-hydrogen) atoms. The van der Waals surface area contributed by atoms with Gasteiger partial charge in [0.1, 0.15) is 5.75 Å². The maximum Gasteiger partial charge on any atom is 0.344 e. The van der Waals surface area contributed by atoms with Gasteiger partial charge in [0.15, 0.2) is 6.61 Å². The van der Waals surface area contributed by atoms with Gasteiger partial charge in [0.25, 0.3) is 0 Å². The molecule has 3 unspecified atom stereocenters. The fourth-order valence-corrected chi connectivity index (χ4v) is 3.67. The Bertz CT molecular complexity index is 529. The molecular weight excluding hydrogens is 266 g/mol. The number of benzene rings is 1. The van der Waals surface area contributed by atoms with Crippen molar-refractivity contribution < 1.29 is 14.3 Å². The van der Waals surface area contributed by atoms with Crippen molar-refractivity contribution in [2.24, 2.45) is 17.6 Å². The van der Waals surface area contributed by atoms with Gasteiger partial charge in [-0.1, -0.05) is 6.07 Å². The predicted octanol–water partition coefficient (Wildman–Crippen LogP) is 2.08. The summed E-state index contributed by atoms with van der Waals surface area (Å²) in [6, 6.07) is 6.48. The molecule has 2 aliphatic carbocycles. The number of carbonyl (C=O) groups excluding carboxylic acids is 1. The Hall–Kier alpha value is -1.55. The Labute approximate surface area is 125 Å². The Morgan fingerprint density at radius 1 is 1.24 bits per heavy atom. The fourth-order valence-electron chi connectivity index (χ4n) is 3.67. The smallest absolute Gasteiger partial charge is 0.344 e. The third-order valence-electron chi connectivity index (χ3n) is 4.80. The zero-order valence-electron chi connectivity index (χ0n) is 12.5. The standard InChI is InChI=1S/C17H23NO3/c1-2-20-16(19)10-21-15-6-5-11-7-12-3-4-13(17(12)18)8-14(11)9-15/h5-6,9,12-13,17H,2-4,7-8,10,18H2,1H3. The number of fused-ring (bicyclic) bond motifs is 3. The molecule has 1 saturated carbocycles. The molecule has 2 bridgehead atoms. The van der Waals surface area contributed by atoms with Crippen molar-refractivity contribution in [3.63, 3.8) is 0 Å². The summed E-state index contributed by atoms with van der Waals surface area (Å²) in [5, 5.41) is 0. The van der Waals surface area contributed by atoms with Crippen LogP contribution < -0.4 is 10.5 Å². The molecule has 2 aliphatic rings. The largest absolute Gasteiger partial charge is 0.482 e. The van der Waals surface area contributed by atoms with E-state index < -0.39 is 0 Å². The third kappa shape index (κ3) is 3.05. The molecule has 0 aliphatic heterocycles. The quantitative estimate of drug-likeness (QED) is 0.862. The lowest BCUT2D eigenvalue weighted by Crippen LogP contribution is -2.31. The van der Waals surface area contributed by atoms with Gasteiger partial charge in [0, 0.05) is 6.04 Å². The fraction of sp³-hybridized carbons (Fsp3) is 0.588. The molecule has 4 heteroatoms. The number of esters is 1. The summed E-state index contributed by atoms with van der Waals surface area (Å²) < 4.78 is 10.4. The van der Waals surface area contributed by atoms with E-state index in [2.05, 4.69) is 12.1 Å². The summed E-state index contributed by atoms with van der Waals surface area (Å²) in [5.74, 6) is 1.64. The van der Waals surface area contributed by atoms with Crippen molar-refractivity contribution in [2.45, 2.75) is 38.6 Å². The van der Waals surface area contributed by atoms with E-state index in [-0.39, 0.29) is 12.6 Å². The Morgan fingerprint density at radius 2 is 1.95 bits per heavy atom. The van der Waals surface area contributed by atoms with E-state index in [0.717, 1.165) is 18.6 Å². The van der Waals surface area contributed by atoms with Gasteiger partial charge in [-0.3, -0.25) is 0 Å². The highest BCUT2D eigenvalue weighted by molar-refractivity contribution is 5.71. The number of hydrogen-bond donors (Lipinski definition) is 1. The Balaban J connectivity index is 1.70. The topological polar surface area (TPSA) is 61.5 Å². The third-order valence-corrected chi connectivity index (χ3v) is 4.80. The normalized spacial score (nSPS) is 26.9. The minimum absolute atomic E-state index is 0.0296. The molecule has 0 radical (unpaired) electrons. The molecule has 1 fully saturated rings. The molecule has 114 valence electrons. The molecule has 3 atom stereocenters. The first-order chi connectivity index (χ1) is 10.2. The highest BCUT2D eigenvalue weighted by atomic mass is 16.6. The number of hydrogen-bond acceptors (Lipinski definition) is 4. The van der Waals surface area contributed by atoms with Crippen molar-refractivity contribution in [3.8, 4) is 5.75 Å². The van der Waals surface area contributed by atoms with Crippen LogP contribution in [0.2, 0.25) is 0 Å². The second-order valence-electron chi connectivity index (χ2n) is 6.11. The monoisotopic (exact) mass is 289 g/mol. The van der Waals surface area contributed by atoms with Crippen LogP contribution >= 0.6 is 0 Å². The molecule has 1 aromatic rings. The van der Waals surface area contributed by atoms with Gasteiger partial charge in [0.2, 0.25) is 0 Å². The molecular formula is C17H23NO3. The van der Waals surface area contributed by atoms with Crippen molar-refractivity contribution in [2.75, 3.05) is 13.2 Å². The predicted molar refractivity (Wildman–Crippen MR) is 80.2 cm³/mol. The summed E-state index contributed by atoms with van der Waals surface area (Å²) in [7, 11) is 0. The van der Waals surface area contributed by atoms with Gasteiger partial charge < -0.3 is 15.2 Å². The summed E-state index contributed by atoms with van der Waals surface area (Å²) in [6.45, 7) is 2.14. The van der Waals surface area contributed by atoms with Crippen LogP contribution in [-0.2, 0) is 22.4 Å². The summed E-state index contributed by atoms with van der Waals surface area (Å²) in [4.78, 5) is 11.3. The van der Waals surface area contributed by atoms with Crippen LogP contribution in [0.5, 0.6) is 5.75 Å². The molecule has 0 aromatic heterocycles. The highest BCUT2D eigenvalue weighted by Crippen LogP contribution is 2.39. The molecule has 3 rings (SSSR count). The van der Waals surface area contributed by atoms with Crippen molar-refractivity contribution in [1.29, 1.82) is 0 Å². The number of carbonyl (C=O) groups is 1. The van der Waals surface area contributed by atoms with Crippen molar-refractivity contribution >= 4 is 5.97 Å². The van der Waals surface area contributed by atoms with Crippen molar-refractivity contribution in [3.05, 3.63) is 29.3 Å². The second kappa shape index (κ2) is 6.06. The van der Waals surface area contributed by atoms with Crippen LogP contribution in [0.25, 0.3) is 0 Å². The van der Waals surface area contributed by atoms with Gasteiger partial charge in [-0.15, -0.1) is 0 Å². The molecule has 4 nitrogen and oxygen atoms in total. The first kappa shape index (κ1) is 14.4. The van der Waals surface area contributed by atoms with E-state index in [0.29, 0.717) is 24.5 Å². The van der Waals surface area contributed by atoms with Crippen LogP contribution in [0.15, 0.2) is 18.2 Å². The van der Waals surface area contributed by atoms with E-state index in [1.54, 1.807) is 6.92 Å². The van der Waals surface area contributed by atoms with Crippen molar-refractivity contribution in [1.82, 2.24) is 0 Å². The van der Waals surface area contributed by atoms with Crippen LogP contribution in [0, 0.1) is 11.8 Å². The maximum atomic E-state index is 11.3. The molecule has 0 amide bonds. The van der Waals surface area contributed by atoms with Crippen LogP contribution in [0.4, 0.5) is 0 Å². The number of rotatable bonds is 4. The average Bonchev–Trinajstić information content (AvgIpc) is 2.72. The molecule has 0 heterocycles. The van der Waals surface area contributed by atoms with Gasteiger partial charge in [-0.25, -0.2) is 4.79 Å². The molecule has 0 saturated heterocycles. The van der Waals surface area contributed by atoms with Crippen LogP contribution in [-0.4, -0.2) is 25.2 Å². The summed E-state index contributed by atoms with van der Waals surface area (Å²) in [6.07, 6.45) is 4.60. The Morgan fingerprint density at radius 3 is 2.67 bits per heavy atom. The zero-order chi connectivity index (χ0) is 14.8. The first-order valence-electron chi connectivity index (χ1n) is 7.83. The second-order valence-corrected chi connectivity index (χ2v) is 6.11. The SMILES string of the molecule is CCOC(=O)COc1ccc2c(c1)CC1CCC(C2)C1N. The number of nitrogens with two attached hydrogens (primary N) is 1. The van der Waals surface area contributed by atoms with Gasteiger partial charge in [0.05, 0.1) is 6.61 Å². The lowest BCUT2D eigenvalue weighted by molar-refractivity contribution is -0.145. The van der Waals surface area contributed by atoms with Crippen LogP contribution in [0.3, 0.4) is 0 Å². The molecule has 0 spiro atoms. The molecule has 2 N–H and O–H groups in total. The van der Waals surface area contributed by atoms with E-state index >= 15 is 0 Å². The average molecular weight is 289 g/mol. The van der Waals surface area contributed by atoms with E-state index in [1.165, 1.54) is 24.0 Å². The Kier molecular flexibility index (Phi) is 4.15. The number of ether oxygens (including phenoxy) is 2. The van der Waals surface area contributed by atoms with Crippen LogP contribution in [0.1, 0.15) is 30.9 Å². The van der Waals surface area contributed by atoms with Gasteiger partial charge in [-0.2, -0.15) is 0 Å². The minimum Gasteiger partial charge on any atom is -0.482 e. The summed E-state index contributed by atoms with van der Waals surface area (Å²) in [5.41, 5.74) is 9.06. The molecule has 1 aromatic carbocycles. The van der Waals surface area contributed by atoms with E-state index in [4.69, 9.17) is 15.2 Å². The lowest BCUT2D eigenvalue weighted by Gasteiger charge is -2.15. The van der Waals surface area contributed by atoms with E-state index in [1.807, 2.05) is 6.07 Å². The minimum atomic E-state index is -0.325. The van der Waals surface area contributed by atoms with Gasteiger partial charge >= 0.3 is 5.97 Å². The maximum absolute atomic E-state index is 11.3. The highest BCUT2D eigenvalue weighted by Gasteiger charge is 2.36. The first-order valence-corrected chi connectivity index (χ1v) is 7.83.